The first-order valence-electron chi connectivity index (χ1n) is 5.87. The van der Waals surface area contributed by atoms with Crippen molar-refractivity contribution in [3.05, 3.63) is 23.9 Å². The number of anilines is 1. The van der Waals surface area contributed by atoms with E-state index in [1.165, 1.54) is 6.42 Å². The van der Waals surface area contributed by atoms with Gasteiger partial charge in [-0.05, 0) is 31.4 Å². The average molecular weight is 235 g/mol. The average Bonchev–Trinajstić information content (AvgIpc) is 2.38. The summed E-state index contributed by atoms with van der Waals surface area (Å²) in [6.45, 7) is 1.48. The maximum Gasteiger partial charge on any atom is 0.252 e. The van der Waals surface area contributed by atoms with E-state index in [-0.39, 0.29) is 6.10 Å². The summed E-state index contributed by atoms with van der Waals surface area (Å²) in [7, 11) is 0. The summed E-state index contributed by atoms with van der Waals surface area (Å²) >= 11 is 0. The van der Waals surface area contributed by atoms with Crippen molar-refractivity contribution in [1.29, 1.82) is 0 Å². The third-order valence-electron chi connectivity index (χ3n) is 2.84. The van der Waals surface area contributed by atoms with Crippen molar-refractivity contribution in [3.63, 3.8) is 0 Å². The third-order valence-corrected chi connectivity index (χ3v) is 2.84. The molecule has 1 aromatic heterocycles. The van der Waals surface area contributed by atoms with Crippen molar-refractivity contribution in [2.24, 2.45) is 5.73 Å². The lowest BCUT2D eigenvalue weighted by Gasteiger charge is -2.23. The summed E-state index contributed by atoms with van der Waals surface area (Å²) in [5.74, 6) is 0.0688. The number of primary amides is 1. The Morgan fingerprint density at radius 1 is 1.59 bits per heavy atom. The predicted molar refractivity (Wildman–Crippen MR) is 64.8 cm³/mol. The largest absolute Gasteiger partial charge is 0.376 e. The van der Waals surface area contributed by atoms with Gasteiger partial charge in [0.25, 0.3) is 5.91 Å². The first-order valence-corrected chi connectivity index (χ1v) is 5.87. The molecule has 0 bridgehead atoms. The number of hydrogen-bond donors (Lipinski definition) is 2. The molecule has 3 N–H and O–H groups in total. The van der Waals surface area contributed by atoms with Crippen molar-refractivity contribution >= 4 is 11.7 Å². The lowest BCUT2D eigenvalue weighted by molar-refractivity contribution is 0.0247. The number of nitrogens with zero attached hydrogens (tertiary/aromatic N) is 1. The number of rotatable bonds is 4. The fraction of sp³-hybridized carbons (Fsp3) is 0.500. The van der Waals surface area contributed by atoms with E-state index in [1.807, 2.05) is 0 Å². The molecule has 1 aromatic rings. The molecule has 0 radical (unpaired) electrons. The number of carbonyl (C=O) groups excluding carboxylic acids is 1. The quantitative estimate of drug-likeness (QED) is 0.821. The molecular weight excluding hydrogens is 218 g/mol. The van der Waals surface area contributed by atoms with E-state index < -0.39 is 5.91 Å². The van der Waals surface area contributed by atoms with Crippen LogP contribution >= 0.6 is 0 Å². The smallest absolute Gasteiger partial charge is 0.252 e. The maximum absolute atomic E-state index is 11.2. The van der Waals surface area contributed by atoms with Gasteiger partial charge in [-0.1, -0.05) is 0 Å². The van der Waals surface area contributed by atoms with Gasteiger partial charge in [0, 0.05) is 19.3 Å². The molecule has 17 heavy (non-hydrogen) atoms. The van der Waals surface area contributed by atoms with Crippen LogP contribution in [0.25, 0.3) is 0 Å². The van der Waals surface area contributed by atoms with E-state index in [0.717, 1.165) is 19.4 Å². The molecule has 92 valence electrons. The van der Waals surface area contributed by atoms with Crippen LogP contribution in [0.3, 0.4) is 0 Å². The molecule has 1 aliphatic rings. The zero-order chi connectivity index (χ0) is 12.1. The summed E-state index contributed by atoms with van der Waals surface area (Å²) in [5, 5.41) is 3.13. The van der Waals surface area contributed by atoms with Gasteiger partial charge < -0.3 is 15.8 Å². The van der Waals surface area contributed by atoms with Crippen LogP contribution in [0, 0.1) is 0 Å². The van der Waals surface area contributed by atoms with Crippen LogP contribution in [-0.2, 0) is 4.74 Å². The minimum atomic E-state index is -0.467. The molecule has 0 saturated carbocycles. The zero-order valence-electron chi connectivity index (χ0n) is 9.69. The van der Waals surface area contributed by atoms with Gasteiger partial charge >= 0.3 is 0 Å². The number of ether oxygens (including phenoxy) is 1. The minimum absolute atomic E-state index is 0.200. The Balaban J connectivity index is 1.96. The van der Waals surface area contributed by atoms with Gasteiger partial charge in [-0.2, -0.15) is 0 Å². The van der Waals surface area contributed by atoms with Crippen LogP contribution in [0.5, 0.6) is 0 Å². The summed E-state index contributed by atoms with van der Waals surface area (Å²) in [4.78, 5) is 15.3. The highest BCUT2D eigenvalue weighted by molar-refractivity contribution is 5.97. The number of hydrogen-bond acceptors (Lipinski definition) is 4. The highest BCUT2D eigenvalue weighted by Gasteiger charge is 2.15. The molecule has 1 amide bonds. The van der Waals surface area contributed by atoms with E-state index in [2.05, 4.69) is 10.3 Å². The molecule has 5 nitrogen and oxygen atoms in total. The SMILES string of the molecule is NC(=O)c1cccnc1NCC1CCCCO1. The second kappa shape index (κ2) is 5.63. The Morgan fingerprint density at radius 3 is 3.18 bits per heavy atom. The van der Waals surface area contributed by atoms with Crippen LogP contribution < -0.4 is 11.1 Å². The standard InChI is InChI=1S/C12H17N3O2/c13-11(16)10-5-3-6-14-12(10)15-8-9-4-1-2-7-17-9/h3,5-6,9H,1-2,4,7-8H2,(H2,13,16)(H,14,15). The van der Waals surface area contributed by atoms with Gasteiger partial charge in [0.2, 0.25) is 0 Å². The van der Waals surface area contributed by atoms with E-state index in [0.29, 0.717) is 17.9 Å². The summed E-state index contributed by atoms with van der Waals surface area (Å²) in [6, 6.07) is 3.36. The second-order valence-corrected chi connectivity index (χ2v) is 4.13. The van der Waals surface area contributed by atoms with Gasteiger partial charge in [0.1, 0.15) is 5.82 Å². The van der Waals surface area contributed by atoms with Gasteiger partial charge in [-0.25, -0.2) is 4.98 Å². The van der Waals surface area contributed by atoms with Crippen LogP contribution in [0.1, 0.15) is 29.6 Å². The van der Waals surface area contributed by atoms with Crippen LogP contribution in [-0.4, -0.2) is 30.1 Å². The lowest BCUT2D eigenvalue weighted by atomic mass is 10.1. The Hall–Kier alpha value is -1.62. The van der Waals surface area contributed by atoms with Gasteiger partial charge in [-0.3, -0.25) is 4.79 Å². The highest BCUT2D eigenvalue weighted by Crippen LogP contribution is 2.15. The Kier molecular flexibility index (Phi) is 3.93. The van der Waals surface area contributed by atoms with E-state index in [4.69, 9.17) is 10.5 Å². The van der Waals surface area contributed by atoms with Crippen molar-refractivity contribution in [3.8, 4) is 0 Å². The van der Waals surface area contributed by atoms with Gasteiger partial charge in [0.05, 0.1) is 11.7 Å². The second-order valence-electron chi connectivity index (χ2n) is 4.13. The number of pyridine rings is 1. The third kappa shape index (κ3) is 3.17. The first-order chi connectivity index (χ1) is 8.27. The minimum Gasteiger partial charge on any atom is -0.376 e. The molecule has 2 rings (SSSR count). The van der Waals surface area contributed by atoms with E-state index in [9.17, 15) is 4.79 Å². The Morgan fingerprint density at radius 2 is 2.47 bits per heavy atom. The molecule has 2 heterocycles. The molecule has 0 aliphatic carbocycles. The molecular formula is C12H17N3O2. The first kappa shape index (κ1) is 11.9. The molecule has 1 fully saturated rings. The fourth-order valence-electron chi connectivity index (χ4n) is 1.92. The molecule has 5 heteroatoms. The van der Waals surface area contributed by atoms with E-state index >= 15 is 0 Å². The van der Waals surface area contributed by atoms with Gasteiger partial charge in [-0.15, -0.1) is 0 Å². The summed E-state index contributed by atoms with van der Waals surface area (Å²) in [6.07, 6.45) is 5.21. The number of nitrogens with two attached hydrogens (primary N) is 1. The predicted octanol–water partition coefficient (Wildman–Crippen LogP) is 1.16. The zero-order valence-corrected chi connectivity index (χ0v) is 9.69. The van der Waals surface area contributed by atoms with Crippen LogP contribution in [0.2, 0.25) is 0 Å². The molecule has 1 unspecified atom stereocenters. The van der Waals surface area contributed by atoms with E-state index in [1.54, 1.807) is 18.3 Å². The lowest BCUT2D eigenvalue weighted by Crippen LogP contribution is -2.28. The Labute approximate surface area is 100 Å². The normalized spacial score (nSPS) is 19.9. The summed E-state index contributed by atoms with van der Waals surface area (Å²) in [5.41, 5.74) is 5.69. The Bertz CT molecular complexity index is 389. The topological polar surface area (TPSA) is 77.2 Å². The number of nitrogens with one attached hydrogen (secondary N) is 1. The van der Waals surface area contributed by atoms with Crippen molar-refractivity contribution in [2.45, 2.75) is 25.4 Å². The summed E-state index contributed by atoms with van der Waals surface area (Å²) < 4.78 is 5.59. The molecule has 1 saturated heterocycles. The number of carbonyl (C=O) groups is 1. The maximum atomic E-state index is 11.2. The monoisotopic (exact) mass is 235 g/mol. The van der Waals surface area contributed by atoms with Crippen LogP contribution in [0.15, 0.2) is 18.3 Å². The molecule has 1 atom stereocenters. The van der Waals surface area contributed by atoms with Crippen molar-refractivity contribution < 1.29 is 9.53 Å². The fourth-order valence-corrected chi connectivity index (χ4v) is 1.92. The number of amides is 1. The van der Waals surface area contributed by atoms with Crippen molar-refractivity contribution in [1.82, 2.24) is 4.98 Å². The van der Waals surface area contributed by atoms with Gasteiger partial charge in [0.15, 0.2) is 0 Å². The number of aromatic nitrogens is 1. The molecule has 0 spiro atoms. The molecule has 1 aliphatic heterocycles. The van der Waals surface area contributed by atoms with Crippen LogP contribution in [0.4, 0.5) is 5.82 Å². The van der Waals surface area contributed by atoms with Crippen molar-refractivity contribution in [2.75, 3.05) is 18.5 Å². The highest BCUT2D eigenvalue weighted by atomic mass is 16.5. The molecule has 0 aromatic carbocycles.